The highest BCUT2D eigenvalue weighted by molar-refractivity contribution is 8.00. The van der Waals surface area contributed by atoms with E-state index in [-0.39, 0.29) is 54.9 Å². The number of nitrogens with one attached hydrogen (secondary N) is 6. The molecular formula is C46H65ClN10O3S. The van der Waals surface area contributed by atoms with E-state index in [1.54, 1.807) is 18.2 Å². The van der Waals surface area contributed by atoms with Gasteiger partial charge >= 0.3 is 0 Å². The molecule has 9 rings (SSSR count). The number of nitriles is 1. The Labute approximate surface area is 371 Å². The van der Waals surface area contributed by atoms with Crippen LogP contribution >= 0.6 is 23.4 Å². The van der Waals surface area contributed by atoms with Crippen molar-refractivity contribution in [1.82, 2.24) is 42.1 Å². The first-order valence-electron chi connectivity index (χ1n) is 23.1. The molecule has 61 heavy (non-hydrogen) atoms. The third-order valence-corrected chi connectivity index (χ3v) is 16.7. The second-order valence-corrected chi connectivity index (χ2v) is 20.5. The number of ether oxygens (including phenoxy) is 2. The molecule has 5 saturated heterocycles. The Morgan fingerprint density at radius 2 is 1.80 bits per heavy atom. The van der Waals surface area contributed by atoms with Gasteiger partial charge in [-0.25, -0.2) is 21.7 Å². The number of likely N-dealkylation sites (tertiary alicyclic amines) is 1. The standard InChI is InChI=1S/C46H65ClN10O3S/c1-27-28(2)61-46-42(27)43(51-39(25-41-49-20-23-59-41)44-55-52-29(3)57(44)46)32-8-6-30(7-9-32)4-5-31-18-21-56(22-19-31)40-17-16-38(53-54-40)45(58)50-34-11-14-35(15-12-34)60-36-13-10-33(26-48)37(47)24-36/h6-10,13,24,27-29,31,34-35,38-42,44,46,49,52-55H,4-5,11-12,14-23,25H2,1-3H3,(H,50,58). The topological polar surface area (TPSA) is 150 Å². The lowest BCUT2D eigenvalue weighted by Gasteiger charge is -2.41. The third-order valence-electron chi connectivity index (χ3n) is 14.7. The van der Waals surface area contributed by atoms with Crippen molar-refractivity contribution >= 4 is 35.0 Å². The van der Waals surface area contributed by atoms with Gasteiger partial charge in [-0.3, -0.25) is 24.9 Å². The number of benzene rings is 2. The minimum absolute atomic E-state index is 0.0425. The minimum Gasteiger partial charge on any atom is -0.490 e. The number of rotatable bonds is 11. The van der Waals surface area contributed by atoms with Crippen molar-refractivity contribution in [2.24, 2.45) is 22.7 Å². The van der Waals surface area contributed by atoms with Crippen molar-refractivity contribution in [2.45, 2.75) is 151 Å². The van der Waals surface area contributed by atoms with E-state index >= 15 is 0 Å². The van der Waals surface area contributed by atoms with E-state index in [0.29, 0.717) is 38.8 Å². The smallest absolute Gasteiger partial charge is 0.238 e. The van der Waals surface area contributed by atoms with Crippen LogP contribution in [0, 0.1) is 29.1 Å². The molecule has 2 aromatic carbocycles. The van der Waals surface area contributed by atoms with Crippen molar-refractivity contribution in [3.05, 3.63) is 64.2 Å². The Balaban J connectivity index is 0.717. The van der Waals surface area contributed by atoms with Crippen molar-refractivity contribution in [2.75, 3.05) is 26.2 Å². The Kier molecular flexibility index (Phi) is 13.9. The zero-order valence-electron chi connectivity index (χ0n) is 36.0. The van der Waals surface area contributed by atoms with Crippen LogP contribution in [0.25, 0.3) is 0 Å². The number of nitrogens with zero attached hydrogens (tertiary/aromatic N) is 4. The summed E-state index contributed by atoms with van der Waals surface area (Å²) in [6.07, 6.45) is 11.6. The summed E-state index contributed by atoms with van der Waals surface area (Å²) in [6, 6.07) is 16.7. The number of thioether (sulfide) groups is 1. The largest absolute Gasteiger partial charge is 0.490 e. The fraction of sp³-hybridized carbons (Fsp3) is 0.674. The minimum atomic E-state index is -0.226. The van der Waals surface area contributed by atoms with E-state index in [1.165, 1.54) is 36.1 Å². The van der Waals surface area contributed by atoms with Crippen LogP contribution in [0.5, 0.6) is 5.75 Å². The molecule has 6 fully saturated rings. The van der Waals surface area contributed by atoms with Crippen LogP contribution in [0.2, 0.25) is 5.02 Å². The predicted molar refractivity (Wildman–Crippen MR) is 241 cm³/mol. The van der Waals surface area contributed by atoms with Gasteiger partial charge in [0.2, 0.25) is 5.91 Å². The summed E-state index contributed by atoms with van der Waals surface area (Å²) in [5.41, 5.74) is 18.4. The summed E-state index contributed by atoms with van der Waals surface area (Å²) in [4.78, 5) is 24.1. The molecule has 13 nitrogen and oxygen atoms in total. The molecule has 0 aromatic heterocycles. The molecule has 1 amide bonds. The van der Waals surface area contributed by atoms with E-state index in [1.807, 2.05) is 0 Å². The highest BCUT2D eigenvalue weighted by Crippen LogP contribution is 2.49. The first-order valence-corrected chi connectivity index (χ1v) is 24.4. The number of hydrogen-bond acceptors (Lipinski definition) is 13. The molecule has 10 unspecified atom stereocenters. The summed E-state index contributed by atoms with van der Waals surface area (Å²) in [7, 11) is 0. The maximum Gasteiger partial charge on any atom is 0.238 e. The van der Waals surface area contributed by atoms with Gasteiger partial charge in [0.05, 0.1) is 53.2 Å². The molecule has 7 aliphatic rings. The van der Waals surface area contributed by atoms with Gasteiger partial charge in [0.1, 0.15) is 24.1 Å². The molecule has 15 heteroatoms. The van der Waals surface area contributed by atoms with Crippen molar-refractivity contribution in [3.8, 4) is 11.8 Å². The number of amides is 1. The number of hydrogen-bond donors (Lipinski definition) is 6. The Morgan fingerprint density at radius 1 is 1.00 bits per heavy atom. The summed E-state index contributed by atoms with van der Waals surface area (Å²) in [5.74, 6) is 2.38. The molecule has 10 atom stereocenters. The maximum atomic E-state index is 13.2. The number of fused-ring (bicyclic) bond motifs is 3. The molecule has 6 N–H and O–H groups in total. The molecule has 6 aliphatic heterocycles. The number of carbonyl (C=O) groups excluding carboxylic acids is 1. The summed E-state index contributed by atoms with van der Waals surface area (Å²) < 4.78 is 12.2. The van der Waals surface area contributed by atoms with Crippen LogP contribution in [0.15, 0.2) is 47.5 Å². The molecule has 6 heterocycles. The van der Waals surface area contributed by atoms with Crippen LogP contribution in [0.1, 0.15) is 102 Å². The first-order chi connectivity index (χ1) is 29.7. The zero-order chi connectivity index (χ0) is 42.0. The highest BCUT2D eigenvalue weighted by Gasteiger charge is 2.53. The number of piperidine rings is 1. The lowest BCUT2D eigenvalue weighted by atomic mass is 9.83. The first kappa shape index (κ1) is 43.4. The van der Waals surface area contributed by atoms with Gasteiger partial charge in [-0.1, -0.05) is 49.7 Å². The SMILES string of the molecule is CC1SC2C(C(c3ccc(CCC4CCN(C5CCC(C(=O)NC6CCC(Oc7ccc(C#N)c(Cl)c7)CC6)NN5)CC4)cc3)=NC(CC3NCCO3)C3NNC(C)N32)C1C. The summed E-state index contributed by atoms with van der Waals surface area (Å²) in [6.45, 7) is 10.9. The highest BCUT2D eigenvalue weighted by atomic mass is 35.5. The zero-order valence-corrected chi connectivity index (χ0v) is 37.5. The fourth-order valence-corrected chi connectivity index (χ4v) is 13.0. The van der Waals surface area contributed by atoms with E-state index in [0.717, 1.165) is 83.5 Å². The van der Waals surface area contributed by atoms with Gasteiger partial charge in [-0.15, -0.1) is 11.8 Å². The van der Waals surface area contributed by atoms with E-state index < -0.39 is 0 Å². The van der Waals surface area contributed by atoms with Crippen LogP contribution in [0.3, 0.4) is 0 Å². The quantitative estimate of drug-likeness (QED) is 0.175. The average Bonchev–Trinajstić information content (AvgIpc) is 3.99. The number of aryl methyl sites for hydroxylation is 1. The van der Waals surface area contributed by atoms with Gasteiger partial charge in [0.15, 0.2) is 0 Å². The fourth-order valence-electron chi connectivity index (χ4n) is 10.9. The lowest BCUT2D eigenvalue weighted by molar-refractivity contribution is -0.125. The number of halogens is 1. The molecule has 1 aliphatic carbocycles. The Bertz CT molecular complexity index is 1890. The van der Waals surface area contributed by atoms with Crippen molar-refractivity contribution in [3.63, 3.8) is 0 Å². The predicted octanol–water partition coefficient (Wildman–Crippen LogP) is 5.25. The van der Waals surface area contributed by atoms with Gasteiger partial charge in [-0.2, -0.15) is 5.26 Å². The maximum absolute atomic E-state index is 13.2. The monoisotopic (exact) mass is 872 g/mol. The molecule has 0 radical (unpaired) electrons. The van der Waals surface area contributed by atoms with E-state index in [9.17, 15) is 4.79 Å². The normalized spacial score (nSPS) is 36.1. The molecule has 1 saturated carbocycles. The summed E-state index contributed by atoms with van der Waals surface area (Å²) >= 11 is 8.31. The second kappa shape index (κ2) is 19.5. The van der Waals surface area contributed by atoms with Gasteiger partial charge in [0, 0.05) is 42.0 Å². The molecule has 0 bridgehead atoms. The lowest BCUT2D eigenvalue weighted by Crippen LogP contribution is -2.63. The molecule has 330 valence electrons. The molecular weight excluding hydrogens is 808 g/mol. The Morgan fingerprint density at radius 3 is 2.51 bits per heavy atom. The Hall–Kier alpha value is -2.81. The second-order valence-electron chi connectivity index (χ2n) is 18.6. The van der Waals surface area contributed by atoms with Crippen molar-refractivity contribution < 1.29 is 14.3 Å². The van der Waals surface area contributed by atoms with Crippen LogP contribution in [-0.4, -0.2) is 107 Å². The van der Waals surface area contributed by atoms with Crippen molar-refractivity contribution in [1.29, 1.82) is 5.26 Å². The average molecular weight is 874 g/mol. The molecule has 0 spiro atoms. The van der Waals surface area contributed by atoms with Crippen LogP contribution in [-0.2, 0) is 16.0 Å². The van der Waals surface area contributed by atoms with Gasteiger partial charge in [0.25, 0.3) is 0 Å². The number of aliphatic imine (C=N–C) groups is 1. The van der Waals surface area contributed by atoms with E-state index in [4.69, 9.17) is 31.3 Å². The van der Waals surface area contributed by atoms with E-state index in [2.05, 4.69) is 105 Å². The van der Waals surface area contributed by atoms with Gasteiger partial charge in [-0.05, 0) is 119 Å². The van der Waals surface area contributed by atoms with Crippen LogP contribution < -0.4 is 37.1 Å². The number of hydrazine groups is 2. The third kappa shape index (κ3) is 9.82. The molecule has 2 aromatic rings. The summed E-state index contributed by atoms with van der Waals surface area (Å²) in [5, 5.41) is 17.3. The number of carbonyl (C=O) groups is 1. The van der Waals surface area contributed by atoms with Crippen LogP contribution in [0.4, 0.5) is 0 Å². The van der Waals surface area contributed by atoms with Gasteiger partial charge < -0.3 is 14.8 Å².